The van der Waals surface area contributed by atoms with Crippen molar-refractivity contribution in [2.24, 2.45) is 0 Å². The van der Waals surface area contributed by atoms with Gasteiger partial charge in [-0.15, -0.1) is 0 Å². The normalized spacial score (nSPS) is 13.8. The van der Waals surface area contributed by atoms with Crippen LogP contribution in [0.4, 0.5) is 5.82 Å². The van der Waals surface area contributed by atoms with Crippen LogP contribution in [0.3, 0.4) is 0 Å². The highest BCUT2D eigenvalue weighted by Gasteiger charge is 2.36. The van der Waals surface area contributed by atoms with Crippen molar-refractivity contribution in [2.75, 3.05) is 4.72 Å². The maximum atomic E-state index is 12.5. The van der Waals surface area contributed by atoms with Crippen molar-refractivity contribution >= 4 is 38.3 Å². The Labute approximate surface area is 183 Å². The Morgan fingerprint density at radius 3 is 2.55 bits per heavy atom. The van der Waals surface area contributed by atoms with Crippen LogP contribution < -0.4 is 4.72 Å². The van der Waals surface area contributed by atoms with Crippen LogP contribution in [0, 0.1) is 11.3 Å². The van der Waals surface area contributed by atoms with Crippen molar-refractivity contribution < 1.29 is 8.42 Å². The number of nitrogens with zero attached hydrogens (tertiary/aromatic N) is 4. The van der Waals surface area contributed by atoms with Gasteiger partial charge in [0.25, 0.3) is 0 Å². The Hall–Kier alpha value is -3.48. The molecule has 2 N–H and O–H groups in total. The van der Waals surface area contributed by atoms with Crippen LogP contribution in [0.2, 0.25) is 5.02 Å². The second kappa shape index (κ2) is 7.34. The smallest absolute Gasteiger partial charge is 0.236 e. The molecule has 2 heterocycles. The van der Waals surface area contributed by atoms with Crippen LogP contribution in [0.5, 0.6) is 0 Å². The molecule has 2 aromatic carbocycles. The average Bonchev–Trinajstić information content (AvgIpc) is 3.53. The molecule has 4 aromatic rings. The van der Waals surface area contributed by atoms with Crippen LogP contribution in [-0.2, 0) is 10.0 Å². The number of sulfonamides is 1. The van der Waals surface area contributed by atoms with Gasteiger partial charge in [0, 0.05) is 16.5 Å². The molecule has 31 heavy (non-hydrogen) atoms. The molecule has 0 atom stereocenters. The molecule has 154 valence electrons. The highest BCUT2D eigenvalue weighted by molar-refractivity contribution is 7.93. The van der Waals surface area contributed by atoms with Crippen molar-refractivity contribution in [1.29, 1.82) is 5.26 Å². The average molecular weight is 451 g/mol. The lowest BCUT2D eigenvalue weighted by Crippen LogP contribution is -2.20. The van der Waals surface area contributed by atoms with Gasteiger partial charge >= 0.3 is 0 Å². The summed E-state index contributed by atoms with van der Waals surface area (Å²) in [6, 6.07) is 14.8. The van der Waals surface area contributed by atoms with Crippen LogP contribution in [0.1, 0.15) is 18.5 Å². The lowest BCUT2D eigenvalue weighted by Gasteiger charge is -2.14. The quantitative estimate of drug-likeness (QED) is 0.471. The maximum Gasteiger partial charge on any atom is 0.236 e. The molecule has 5 rings (SSSR count). The molecular formula is C21H15ClN6O2S. The second-order valence-corrected chi connectivity index (χ2v) is 9.60. The molecule has 0 saturated heterocycles. The summed E-state index contributed by atoms with van der Waals surface area (Å²) in [5.74, 6) is -0.0764. The van der Waals surface area contributed by atoms with Crippen LogP contribution >= 0.6 is 11.6 Å². The fourth-order valence-electron chi connectivity index (χ4n) is 3.33. The first-order valence-corrected chi connectivity index (χ1v) is 11.4. The monoisotopic (exact) mass is 450 g/mol. The minimum atomic E-state index is -3.61. The van der Waals surface area contributed by atoms with Crippen molar-refractivity contribution in [3.05, 3.63) is 59.4 Å². The third kappa shape index (κ3) is 3.60. The van der Waals surface area contributed by atoms with Gasteiger partial charge in [-0.25, -0.2) is 18.4 Å². The molecule has 0 radical (unpaired) electrons. The van der Waals surface area contributed by atoms with Gasteiger partial charge in [0.05, 0.1) is 33.4 Å². The minimum Gasteiger partial charge on any atom is -0.276 e. The highest BCUT2D eigenvalue weighted by Crippen LogP contribution is 2.36. The van der Waals surface area contributed by atoms with Crippen molar-refractivity contribution in [3.63, 3.8) is 0 Å². The van der Waals surface area contributed by atoms with Gasteiger partial charge in [0.15, 0.2) is 11.5 Å². The molecule has 1 saturated carbocycles. The number of hydrogen-bond acceptors (Lipinski definition) is 6. The van der Waals surface area contributed by atoms with Gasteiger partial charge in [-0.1, -0.05) is 41.9 Å². The topological polar surface area (TPSA) is 124 Å². The van der Waals surface area contributed by atoms with Crippen LogP contribution in [0.25, 0.3) is 33.4 Å². The zero-order chi connectivity index (χ0) is 21.6. The summed E-state index contributed by atoms with van der Waals surface area (Å²) in [6.07, 6.45) is 2.83. The number of aromatic nitrogens is 4. The van der Waals surface area contributed by atoms with Crippen LogP contribution in [-0.4, -0.2) is 33.8 Å². The summed E-state index contributed by atoms with van der Waals surface area (Å²) >= 11 is 6.41. The van der Waals surface area contributed by atoms with E-state index < -0.39 is 15.3 Å². The molecule has 1 aliphatic carbocycles. The largest absolute Gasteiger partial charge is 0.276 e. The fraction of sp³-hybridized carbons (Fsp3) is 0.143. The van der Waals surface area contributed by atoms with E-state index >= 15 is 0 Å². The highest BCUT2D eigenvalue weighted by atomic mass is 35.5. The fourth-order valence-corrected chi connectivity index (χ4v) is 4.93. The zero-order valence-electron chi connectivity index (χ0n) is 16.0. The summed E-state index contributed by atoms with van der Waals surface area (Å²) in [5.41, 5.74) is 2.80. The molecule has 0 bridgehead atoms. The number of rotatable bonds is 5. The third-order valence-electron chi connectivity index (χ3n) is 5.03. The molecule has 2 aromatic heterocycles. The first-order chi connectivity index (χ1) is 15.0. The Balaban J connectivity index is 1.74. The van der Waals surface area contributed by atoms with Gasteiger partial charge in [0.1, 0.15) is 6.07 Å². The summed E-state index contributed by atoms with van der Waals surface area (Å²) in [6.45, 7) is 0. The molecular weight excluding hydrogens is 436 g/mol. The summed E-state index contributed by atoms with van der Waals surface area (Å²) in [7, 11) is -3.61. The van der Waals surface area contributed by atoms with E-state index in [-0.39, 0.29) is 11.5 Å². The summed E-state index contributed by atoms with van der Waals surface area (Å²) < 4.78 is 27.4. The van der Waals surface area contributed by atoms with Crippen molar-refractivity contribution in [3.8, 4) is 28.6 Å². The number of halogens is 1. The SMILES string of the molecule is N#Cc1nc(-c2cc(Cl)c3[nH]ncc3c2)c(-c2ccccc2)nc1NS(=O)(=O)C1CC1. The van der Waals surface area contributed by atoms with Gasteiger partial charge < -0.3 is 0 Å². The van der Waals surface area contributed by atoms with Crippen LogP contribution in [0.15, 0.2) is 48.7 Å². The Morgan fingerprint density at radius 1 is 1.10 bits per heavy atom. The Morgan fingerprint density at radius 2 is 1.84 bits per heavy atom. The van der Waals surface area contributed by atoms with E-state index in [1.807, 2.05) is 42.5 Å². The van der Waals surface area contributed by atoms with Crippen molar-refractivity contribution in [2.45, 2.75) is 18.1 Å². The van der Waals surface area contributed by atoms with E-state index in [4.69, 9.17) is 11.6 Å². The predicted molar refractivity (Wildman–Crippen MR) is 118 cm³/mol. The summed E-state index contributed by atoms with van der Waals surface area (Å²) in [5, 5.41) is 17.3. The molecule has 0 amide bonds. The zero-order valence-corrected chi connectivity index (χ0v) is 17.6. The van der Waals surface area contributed by atoms with Crippen molar-refractivity contribution in [1.82, 2.24) is 20.2 Å². The summed E-state index contributed by atoms with van der Waals surface area (Å²) in [4.78, 5) is 9.04. The standard InChI is InChI=1S/C21H15ClN6O2S/c22-16-9-13(8-14-11-24-27-18(14)16)20-19(12-4-2-1-3-5-12)26-21(17(10-23)25-20)28-31(29,30)15-6-7-15/h1-5,8-9,11,15H,6-7H2,(H,24,27)(H,26,28). The number of benzene rings is 2. The molecule has 1 fully saturated rings. The Bertz CT molecular complexity index is 1460. The molecule has 0 unspecified atom stereocenters. The molecule has 0 spiro atoms. The van der Waals surface area contributed by atoms with Gasteiger partial charge in [-0.05, 0) is 25.0 Å². The lowest BCUT2D eigenvalue weighted by molar-refractivity contribution is 0.599. The molecule has 10 heteroatoms. The van der Waals surface area contributed by atoms with E-state index in [1.165, 1.54) is 0 Å². The first-order valence-electron chi connectivity index (χ1n) is 9.48. The number of nitriles is 1. The number of fused-ring (bicyclic) bond motifs is 1. The number of aromatic amines is 1. The molecule has 8 nitrogen and oxygen atoms in total. The van der Waals surface area contributed by atoms with E-state index in [0.29, 0.717) is 40.3 Å². The lowest BCUT2D eigenvalue weighted by atomic mass is 10.0. The van der Waals surface area contributed by atoms with Gasteiger partial charge in [0.2, 0.25) is 10.0 Å². The number of hydrogen-bond donors (Lipinski definition) is 2. The van der Waals surface area contributed by atoms with E-state index in [2.05, 4.69) is 24.9 Å². The number of nitrogens with one attached hydrogen (secondary N) is 2. The first kappa shape index (κ1) is 19.5. The number of H-pyrrole nitrogens is 1. The number of anilines is 1. The van der Waals surface area contributed by atoms with E-state index in [0.717, 1.165) is 10.9 Å². The molecule has 0 aliphatic heterocycles. The maximum absolute atomic E-state index is 12.5. The third-order valence-corrected chi connectivity index (χ3v) is 7.15. The van der Waals surface area contributed by atoms with E-state index in [1.54, 1.807) is 12.3 Å². The second-order valence-electron chi connectivity index (χ2n) is 7.23. The van der Waals surface area contributed by atoms with Gasteiger partial charge in [-0.2, -0.15) is 10.4 Å². The minimum absolute atomic E-state index is 0.0764. The predicted octanol–water partition coefficient (Wildman–Crippen LogP) is 4.12. The molecule has 1 aliphatic rings. The Kier molecular flexibility index (Phi) is 4.61. The van der Waals surface area contributed by atoms with Gasteiger partial charge in [-0.3, -0.25) is 9.82 Å². The van der Waals surface area contributed by atoms with E-state index in [9.17, 15) is 13.7 Å².